The van der Waals surface area contributed by atoms with E-state index in [0.29, 0.717) is 36.6 Å². The van der Waals surface area contributed by atoms with Crippen LogP contribution in [0.2, 0.25) is 0 Å². The summed E-state index contributed by atoms with van der Waals surface area (Å²) in [6, 6.07) is 16.2. The van der Waals surface area contributed by atoms with Gasteiger partial charge < -0.3 is 14.8 Å². The summed E-state index contributed by atoms with van der Waals surface area (Å²) in [5.74, 6) is 1.12. The molecule has 1 N–H and O–H groups in total. The van der Waals surface area contributed by atoms with Crippen LogP contribution in [0.5, 0.6) is 11.5 Å². The second-order valence-electron chi connectivity index (χ2n) is 6.82. The highest BCUT2D eigenvalue weighted by molar-refractivity contribution is 5.91. The molecular formula is C23H25N3O4. The minimum atomic E-state index is -0.210. The standard InChI is InChI=1S/C23H25N3O4/c1-16-7-4-5-8-18(16)24-22(27)9-6-14-26-23(28)13-11-19(25-26)17-10-12-20(29-2)21(15-17)30-3/h4-5,7-8,10-13,15H,6,9,14H2,1-3H3,(H,24,27). The van der Waals surface area contributed by atoms with Crippen molar-refractivity contribution in [2.75, 3.05) is 19.5 Å². The molecule has 2 aromatic carbocycles. The summed E-state index contributed by atoms with van der Waals surface area (Å²) in [5, 5.41) is 7.34. The Balaban J connectivity index is 1.67. The van der Waals surface area contributed by atoms with E-state index in [1.807, 2.05) is 43.3 Å². The SMILES string of the molecule is COc1ccc(-c2ccc(=O)n(CCCC(=O)Nc3ccccc3C)n2)cc1OC. The third-order valence-electron chi connectivity index (χ3n) is 4.74. The first-order chi connectivity index (χ1) is 14.5. The van der Waals surface area contributed by atoms with Crippen LogP contribution in [0, 0.1) is 6.92 Å². The zero-order valence-electron chi connectivity index (χ0n) is 17.3. The summed E-state index contributed by atoms with van der Waals surface area (Å²) >= 11 is 0. The lowest BCUT2D eigenvalue weighted by Gasteiger charge is -2.11. The predicted octanol–water partition coefficient (Wildman–Crippen LogP) is 3.65. The Hall–Kier alpha value is -3.61. The highest BCUT2D eigenvalue weighted by Crippen LogP contribution is 2.31. The minimum Gasteiger partial charge on any atom is -0.493 e. The monoisotopic (exact) mass is 407 g/mol. The van der Waals surface area contributed by atoms with Gasteiger partial charge in [-0.05, 0) is 49.2 Å². The highest BCUT2D eigenvalue weighted by atomic mass is 16.5. The molecule has 1 aromatic heterocycles. The first kappa shape index (κ1) is 21.1. The first-order valence-electron chi connectivity index (χ1n) is 9.68. The number of amides is 1. The lowest BCUT2D eigenvalue weighted by Crippen LogP contribution is -2.23. The van der Waals surface area contributed by atoms with Crippen LogP contribution in [0.1, 0.15) is 18.4 Å². The van der Waals surface area contributed by atoms with E-state index < -0.39 is 0 Å². The molecular weight excluding hydrogens is 382 g/mol. The van der Waals surface area contributed by atoms with E-state index in [1.165, 1.54) is 10.7 Å². The number of carbonyl (C=O) groups excluding carboxylic acids is 1. The van der Waals surface area contributed by atoms with E-state index in [1.54, 1.807) is 26.4 Å². The van der Waals surface area contributed by atoms with Gasteiger partial charge in [-0.1, -0.05) is 18.2 Å². The number of hydrogen-bond acceptors (Lipinski definition) is 5. The van der Waals surface area contributed by atoms with Crippen LogP contribution < -0.4 is 20.3 Å². The molecule has 0 saturated carbocycles. The van der Waals surface area contributed by atoms with Crippen LogP contribution >= 0.6 is 0 Å². The number of aromatic nitrogens is 2. The molecule has 156 valence electrons. The van der Waals surface area contributed by atoms with Crippen molar-refractivity contribution < 1.29 is 14.3 Å². The normalized spacial score (nSPS) is 10.5. The molecule has 0 aliphatic carbocycles. The number of hydrogen-bond donors (Lipinski definition) is 1. The lowest BCUT2D eigenvalue weighted by atomic mass is 10.1. The average Bonchev–Trinajstić information content (AvgIpc) is 2.76. The summed E-state index contributed by atoms with van der Waals surface area (Å²) in [6.07, 6.45) is 0.795. The molecule has 0 aliphatic rings. The van der Waals surface area contributed by atoms with E-state index in [2.05, 4.69) is 10.4 Å². The fraction of sp³-hybridized carbons (Fsp3) is 0.261. The third-order valence-corrected chi connectivity index (χ3v) is 4.74. The number of aryl methyl sites for hydroxylation is 2. The molecule has 30 heavy (non-hydrogen) atoms. The van der Waals surface area contributed by atoms with E-state index in [9.17, 15) is 9.59 Å². The van der Waals surface area contributed by atoms with Gasteiger partial charge >= 0.3 is 0 Å². The molecule has 7 nitrogen and oxygen atoms in total. The van der Waals surface area contributed by atoms with E-state index in [0.717, 1.165) is 16.8 Å². The number of methoxy groups -OCH3 is 2. The molecule has 0 bridgehead atoms. The number of benzene rings is 2. The maximum absolute atomic E-state index is 12.2. The molecule has 1 heterocycles. The largest absolute Gasteiger partial charge is 0.493 e. The number of anilines is 1. The van der Waals surface area contributed by atoms with Gasteiger partial charge in [0.25, 0.3) is 5.56 Å². The maximum Gasteiger partial charge on any atom is 0.266 e. The number of rotatable bonds is 8. The Kier molecular flexibility index (Phi) is 6.85. The fourth-order valence-corrected chi connectivity index (χ4v) is 3.07. The van der Waals surface area contributed by atoms with Gasteiger partial charge in [0.05, 0.1) is 19.9 Å². The lowest BCUT2D eigenvalue weighted by molar-refractivity contribution is -0.116. The van der Waals surface area contributed by atoms with Gasteiger partial charge in [0, 0.05) is 30.3 Å². The summed E-state index contributed by atoms with van der Waals surface area (Å²) in [7, 11) is 3.14. The molecule has 0 radical (unpaired) electrons. The molecule has 0 saturated heterocycles. The molecule has 3 aromatic rings. The van der Waals surface area contributed by atoms with Gasteiger partial charge in [-0.25, -0.2) is 4.68 Å². The predicted molar refractivity (Wildman–Crippen MR) is 116 cm³/mol. The Morgan fingerprint density at radius 2 is 1.80 bits per heavy atom. The van der Waals surface area contributed by atoms with Gasteiger partial charge in [-0.2, -0.15) is 5.10 Å². The molecule has 1 amide bonds. The Bertz CT molecular complexity index is 1090. The topological polar surface area (TPSA) is 82.5 Å². The van der Waals surface area contributed by atoms with Gasteiger partial charge in [-0.3, -0.25) is 9.59 Å². The van der Waals surface area contributed by atoms with Crippen molar-refractivity contribution in [3.8, 4) is 22.8 Å². The van der Waals surface area contributed by atoms with Crippen LogP contribution in [0.15, 0.2) is 59.4 Å². The molecule has 3 rings (SSSR count). The van der Waals surface area contributed by atoms with Crippen molar-refractivity contribution in [1.29, 1.82) is 0 Å². The molecule has 0 atom stereocenters. The molecule has 7 heteroatoms. The van der Waals surface area contributed by atoms with Gasteiger partial charge in [0.2, 0.25) is 5.91 Å². The zero-order valence-corrected chi connectivity index (χ0v) is 17.3. The summed E-state index contributed by atoms with van der Waals surface area (Å²) in [6.45, 7) is 2.29. The van der Waals surface area contributed by atoms with Gasteiger partial charge in [-0.15, -0.1) is 0 Å². The smallest absolute Gasteiger partial charge is 0.266 e. The van der Waals surface area contributed by atoms with Crippen molar-refractivity contribution in [1.82, 2.24) is 9.78 Å². The van der Waals surface area contributed by atoms with E-state index in [4.69, 9.17) is 9.47 Å². The van der Waals surface area contributed by atoms with Crippen LogP contribution in [0.3, 0.4) is 0 Å². The third kappa shape index (κ3) is 5.05. The van der Waals surface area contributed by atoms with Crippen LogP contribution in [0.4, 0.5) is 5.69 Å². The van der Waals surface area contributed by atoms with Crippen molar-refractivity contribution in [3.05, 3.63) is 70.5 Å². The second kappa shape index (κ2) is 9.73. The van der Waals surface area contributed by atoms with Crippen LogP contribution in [0.25, 0.3) is 11.3 Å². The van der Waals surface area contributed by atoms with Crippen LogP contribution in [-0.2, 0) is 11.3 Å². The van der Waals surface area contributed by atoms with Gasteiger partial charge in [0.1, 0.15) is 0 Å². The van der Waals surface area contributed by atoms with Crippen molar-refractivity contribution in [2.45, 2.75) is 26.3 Å². The van der Waals surface area contributed by atoms with E-state index >= 15 is 0 Å². The Morgan fingerprint density at radius 3 is 2.53 bits per heavy atom. The first-order valence-corrected chi connectivity index (χ1v) is 9.68. The van der Waals surface area contributed by atoms with E-state index in [-0.39, 0.29) is 11.5 Å². The summed E-state index contributed by atoms with van der Waals surface area (Å²) in [4.78, 5) is 24.4. The second-order valence-corrected chi connectivity index (χ2v) is 6.82. The maximum atomic E-state index is 12.2. The molecule has 0 fully saturated rings. The van der Waals surface area contributed by atoms with Crippen LogP contribution in [-0.4, -0.2) is 29.9 Å². The number of nitrogens with one attached hydrogen (secondary N) is 1. The Labute approximate surface area is 175 Å². The average molecular weight is 407 g/mol. The number of ether oxygens (including phenoxy) is 2. The fourth-order valence-electron chi connectivity index (χ4n) is 3.07. The quantitative estimate of drug-likeness (QED) is 0.616. The zero-order chi connectivity index (χ0) is 21.5. The van der Waals surface area contributed by atoms with Crippen molar-refractivity contribution in [3.63, 3.8) is 0 Å². The number of para-hydroxylation sites is 1. The minimum absolute atomic E-state index is 0.0894. The highest BCUT2D eigenvalue weighted by Gasteiger charge is 2.10. The summed E-state index contributed by atoms with van der Waals surface area (Å²) < 4.78 is 12.0. The van der Waals surface area contributed by atoms with Crippen molar-refractivity contribution >= 4 is 11.6 Å². The summed E-state index contributed by atoms with van der Waals surface area (Å²) in [5.41, 5.74) is 3.04. The number of carbonyl (C=O) groups is 1. The number of nitrogens with zero attached hydrogens (tertiary/aromatic N) is 2. The van der Waals surface area contributed by atoms with Crippen molar-refractivity contribution in [2.24, 2.45) is 0 Å². The van der Waals surface area contributed by atoms with Gasteiger partial charge in [0.15, 0.2) is 11.5 Å². The molecule has 0 spiro atoms. The Morgan fingerprint density at radius 1 is 1.03 bits per heavy atom. The molecule has 0 aliphatic heterocycles. The molecule has 0 unspecified atom stereocenters.